The minimum absolute atomic E-state index is 0.172. The highest BCUT2D eigenvalue weighted by molar-refractivity contribution is 7.89. The third-order valence-electron chi connectivity index (χ3n) is 4.49. The van der Waals surface area contributed by atoms with E-state index in [0.717, 1.165) is 21.0 Å². The molecule has 2 aromatic carbocycles. The molecule has 1 N–H and O–H groups in total. The van der Waals surface area contributed by atoms with Gasteiger partial charge in [-0.3, -0.25) is 4.79 Å². The third kappa shape index (κ3) is 5.02. The molecule has 0 bridgehead atoms. The predicted octanol–water partition coefficient (Wildman–Crippen LogP) is 2.26. The highest BCUT2D eigenvalue weighted by atomic mass is 32.2. The van der Waals surface area contributed by atoms with E-state index in [1.54, 1.807) is 43.5 Å². The van der Waals surface area contributed by atoms with Crippen molar-refractivity contribution in [3.05, 3.63) is 53.1 Å². The third-order valence-corrected chi connectivity index (χ3v) is 6.29. The van der Waals surface area contributed by atoms with Crippen molar-refractivity contribution < 1.29 is 22.7 Å². The average molecular weight is 407 g/mol. The molecular formula is C20H26N2O5S. The first kappa shape index (κ1) is 21.7. The summed E-state index contributed by atoms with van der Waals surface area (Å²) in [5.41, 5.74) is 2.70. The van der Waals surface area contributed by atoms with E-state index in [0.29, 0.717) is 11.5 Å². The number of methoxy groups -OCH3 is 2. The number of benzene rings is 2. The van der Waals surface area contributed by atoms with Gasteiger partial charge >= 0.3 is 0 Å². The number of likely N-dealkylation sites (N-methyl/N-ethyl adjacent to an activating group) is 1. The van der Waals surface area contributed by atoms with Crippen LogP contribution >= 0.6 is 0 Å². The molecular weight excluding hydrogens is 380 g/mol. The molecule has 152 valence electrons. The van der Waals surface area contributed by atoms with Gasteiger partial charge in [-0.15, -0.1) is 0 Å². The van der Waals surface area contributed by atoms with Crippen LogP contribution in [0, 0.1) is 13.8 Å². The van der Waals surface area contributed by atoms with Crippen molar-refractivity contribution in [3.8, 4) is 11.5 Å². The highest BCUT2D eigenvalue weighted by Crippen LogP contribution is 2.27. The van der Waals surface area contributed by atoms with Crippen LogP contribution in [0.3, 0.4) is 0 Å². The number of amides is 1. The molecule has 7 nitrogen and oxygen atoms in total. The molecule has 2 aromatic rings. The van der Waals surface area contributed by atoms with Gasteiger partial charge in [-0.25, -0.2) is 8.42 Å². The van der Waals surface area contributed by atoms with Crippen molar-refractivity contribution in [2.24, 2.45) is 0 Å². The van der Waals surface area contributed by atoms with E-state index >= 15 is 0 Å². The van der Waals surface area contributed by atoms with Crippen LogP contribution in [0.4, 0.5) is 0 Å². The zero-order valence-corrected chi connectivity index (χ0v) is 17.6. The van der Waals surface area contributed by atoms with Crippen molar-refractivity contribution >= 4 is 15.9 Å². The van der Waals surface area contributed by atoms with Gasteiger partial charge in [0.15, 0.2) is 11.5 Å². The van der Waals surface area contributed by atoms with E-state index in [4.69, 9.17) is 9.47 Å². The number of nitrogens with one attached hydrogen (secondary N) is 1. The zero-order chi connectivity index (χ0) is 20.9. The number of hydrogen-bond acceptors (Lipinski definition) is 5. The molecule has 1 amide bonds. The van der Waals surface area contributed by atoms with Crippen LogP contribution in [-0.4, -0.2) is 46.4 Å². The van der Waals surface area contributed by atoms with Crippen LogP contribution in [0.25, 0.3) is 0 Å². The Morgan fingerprint density at radius 2 is 1.68 bits per heavy atom. The molecule has 0 saturated heterocycles. The van der Waals surface area contributed by atoms with E-state index < -0.39 is 15.9 Å². The van der Waals surface area contributed by atoms with Crippen molar-refractivity contribution in [3.63, 3.8) is 0 Å². The molecule has 0 aliphatic carbocycles. The Kier molecular flexibility index (Phi) is 7.04. The van der Waals surface area contributed by atoms with Gasteiger partial charge in [0.1, 0.15) is 0 Å². The second-order valence-corrected chi connectivity index (χ2v) is 8.52. The number of carbonyl (C=O) groups is 1. The summed E-state index contributed by atoms with van der Waals surface area (Å²) in [6.07, 6.45) is 0. The van der Waals surface area contributed by atoms with Gasteiger partial charge in [-0.05, 0) is 54.8 Å². The minimum atomic E-state index is -3.74. The van der Waals surface area contributed by atoms with Gasteiger partial charge in [0.2, 0.25) is 15.9 Å². The molecule has 28 heavy (non-hydrogen) atoms. The number of carbonyl (C=O) groups excluding carboxylic acids is 1. The Labute approximate surface area is 166 Å². The monoisotopic (exact) mass is 406 g/mol. The molecule has 0 atom stereocenters. The molecule has 0 fully saturated rings. The van der Waals surface area contributed by atoms with Crippen molar-refractivity contribution in [2.45, 2.75) is 25.3 Å². The van der Waals surface area contributed by atoms with Gasteiger partial charge in [0.25, 0.3) is 0 Å². The Hall–Kier alpha value is -2.58. The molecule has 0 saturated carbocycles. The van der Waals surface area contributed by atoms with Gasteiger partial charge in [-0.1, -0.05) is 12.1 Å². The summed E-state index contributed by atoms with van der Waals surface area (Å²) in [6.45, 7) is 3.74. The second kappa shape index (κ2) is 9.07. The summed E-state index contributed by atoms with van der Waals surface area (Å²) in [6, 6.07) is 10.2. The quantitative estimate of drug-likeness (QED) is 0.727. The van der Waals surface area contributed by atoms with E-state index in [1.807, 2.05) is 13.8 Å². The molecule has 8 heteroatoms. The molecule has 0 aliphatic heterocycles. The standard InChI is InChI=1S/C20H26N2O5S/c1-14-6-8-17(10-15(14)2)28(24,25)22(3)13-20(23)21-12-16-7-9-18(26-4)19(11-16)27-5/h6-11H,12-13H2,1-5H3,(H,21,23). The van der Waals surface area contributed by atoms with Crippen LogP contribution in [0.15, 0.2) is 41.3 Å². The second-order valence-electron chi connectivity index (χ2n) is 6.47. The lowest BCUT2D eigenvalue weighted by Crippen LogP contribution is -2.38. The molecule has 0 heterocycles. The number of rotatable bonds is 8. The molecule has 0 radical (unpaired) electrons. The Bertz CT molecular complexity index is 957. The number of ether oxygens (including phenoxy) is 2. The number of aryl methyl sites for hydroxylation is 2. The molecule has 0 unspecified atom stereocenters. The van der Waals surface area contributed by atoms with Gasteiger partial charge < -0.3 is 14.8 Å². The fourth-order valence-corrected chi connectivity index (χ4v) is 3.80. The van der Waals surface area contributed by atoms with E-state index in [9.17, 15) is 13.2 Å². The van der Waals surface area contributed by atoms with Crippen molar-refractivity contribution in [2.75, 3.05) is 27.8 Å². The fraction of sp³-hybridized carbons (Fsp3) is 0.350. The van der Waals surface area contributed by atoms with Crippen LogP contribution in [0.2, 0.25) is 0 Å². The lowest BCUT2D eigenvalue weighted by Gasteiger charge is -2.18. The van der Waals surface area contributed by atoms with Gasteiger partial charge in [0, 0.05) is 13.6 Å². The topological polar surface area (TPSA) is 84.9 Å². The summed E-state index contributed by atoms with van der Waals surface area (Å²) in [4.78, 5) is 12.4. The summed E-state index contributed by atoms with van der Waals surface area (Å²) >= 11 is 0. The van der Waals surface area contributed by atoms with Crippen molar-refractivity contribution in [1.82, 2.24) is 9.62 Å². The normalized spacial score (nSPS) is 11.4. The van der Waals surface area contributed by atoms with E-state index in [2.05, 4.69) is 5.32 Å². The van der Waals surface area contributed by atoms with Gasteiger partial charge in [0.05, 0.1) is 25.7 Å². The number of sulfonamides is 1. The molecule has 2 rings (SSSR count). The van der Waals surface area contributed by atoms with Crippen LogP contribution < -0.4 is 14.8 Å². The van der Waals surface area contributed by atoms with Crippen molar-refractivity contribution in [1.29, 1.82) is 0 Å². The van der Waals surface area contributed by atoms with Crippen LogP contribution in [-0.2, 0) is 21.4 Å². The van der Waals surface area contributed by atoms with Crippen LogP contribution in [0.1, 0.15) is 16.7 Å². The number of hydrogen-bond donors (Lipinski definition) is 1. The van der Waals surface area contributed by atoms with Gasteiger partial charge in [-0.2, -0.15) is 4.31 Å². The molecule has 0 aliphatic rings. The van der Waals surface area contributed by atoms with Crippen LogP contribution in [0.5, 0.6) is 11.5 Å². The lowest BCUT2D eigenvalue weighted by molar-refractivity contribution is -0.121. The smallest absolute Gasteiger partial charge is 0.243 e. The molecule has 0 spiro atoms. The first-order chi connectivity index (χ1) is 13.2. The number of nitrogens with zero attached hydrogens (tertiary/aromatic N) is 1. The average Bonchev–Trinajstić information content (AvgIpc) is 2.67. The lowest BCUT2D eigenvalue weighted by atomic mass is 10.1. The Morgan fingerprint density at radius 1 is 1.00 bits per heavy atom. The largest absolute Gasteiger partial charge is 0.493 e. The highest BCUT2D eigenvalue weighted by Gasteiger charge is 2.23. The Morgan fingerprint density at radius 3 is 2.29 bits per heavy atom. The minimum Gasteiger partial charge on any atom is -0.493 e. The summed E-state index contributed by atoms with van der Waals surface area (Å²) in [5.74, 6) is 0.755. The molecule has 0 aromatic heterocycles. The maximum absolute atomic E-state index is 12.7. The summed E-state index contributed by atoms with van der Waals surface area (Å²) in [7, 11) is 0.731. The zero-order valence-electron chi connectivity index (χ0n) is 16.8. The Balaban J connectivity index is 2.01. The summed E-state index contributed by atoms with van der Waals surface area (Å²) in [5, 5.41) is 2.72. The first-order valence-electron chi connectivity index (χ1n) is 8.70. The fourth-order valence-electron chi connectivity index (χ4n) is 2.59. The van der Waals surface area contributed by atoms with E-state index in [1.165, 1.54) is 14.2 Å². The maximum Gasteiger partial charge on any atom is 0.243 e. The maximum atomic E-state index is 12.7. The first-order valence-corrected chi connectivity index (χ1v) is 10.1. The SMILES string of the molecule is COc1ccc(CNC(=O)CN(C)S(=O)(=O)c2ccc(C)c(C)c2)cc1OC. The van der Waals surface area contributed by atoms with E-state index in [-0.39, 0.29) is 18.0 Å². The predicted molar refractivity (Wildman–Crippen MR) is 107 cm³/mol. The summed E-state index contributed by atoms with van der Waals surface area (Å²) < 4.78 is 36.8.